The summed E-state index contributed by atoms with van der Waals surface area (Å²) in [6.07, 6.45) is 3.79. The van der Waals surface area contributed by atoms with Crippen LogP contribution in [-0.2, 0) is 9.47 Å². The van der Waals surface area contributed by atoms with E-state index in [4.69, 9.17) is 9.47 Å². The SMILES string of the molecule is CCOCC[C@H]1CCOC12CCN(C(=O)c1ccc(C)c(F)c1)CC2. The second-order valence-corrected chi connectivity index (χ2v) is 7.14. The summed E-state index contributed by atoms with van der Waals surface area (Å²) in [5.74, 6) is 0.0974. The van der Waals surface area contributed by atoms with Gasteiger partial charge in [0.1, 0.15) is 5.82 Å². The van der Waals surface area contributed by atoms with Crippen molar-refractivity contribution in [3.05, 3.63) is 35.1 Å². The van der Waals surface area contributed by atoms with Crippen molar-refractivity contribution >= 4 is 5.91 Å². The molecule has 0 bridgehead atoms. The molecule has 1 aromatic carbocycles. The van der Waals surface area contributed by atoms with E-state index in [2.05, 4.69) is 0 Å². The lowest BCUT2D eigenvalue weighted by molar-refractivity contribution is -0.0669. The quantitative estimate of drug-likeness (QED) is 0.763. The number of piperidine rings is 1. The number of hydrogen-bond donors (Lipinski definition) is 0. The molecule has 25 heavy (non-hydrogen) atoms. The fraction of sp³-hybridized carbons (Fsp3) is 0.650. The molecule has 0 saturated carbocycles. The molecule has 2 fully saturated rings. The second-order valence-electron chi connectivity index (χ2n) is 7.14. The highest BCUT2D eigenvalue weighted by Gasteiger charge is 2.46. The monoisotopic (exact) mass is 349 g/mol. The van der Waals surface area contributed by atoms with Gasteiger partial charge >= 0.3 is 0 Å². The zero-order valence-corrected chi connectivity index (χ0v) is 15.2. The normalized spacial score (nSPS) is 22.5. The largest absolute Gasteiger partial charge is 0.382 e. The molecule has 1 aromatic rings. The number of benzene rings is 1. The highest BCUT2D eigenvalue weighted by Crippen LogP contribution is 2.42. The van der Waals surface area contributed by atoms with Gasteiger partial charge in [-0.25, -0.2) is 4.39 Å². The average molecular weight is 349 g/mol. The molecule has 0 unspecified atom stereocenters. The lowest BCUT2D eigenvalue weighted by Crippen LogP contribution is -2.49. The molecule has 1 spiro atoms. The van der Waals surface area contributed by atoms with Gasteiger partial charge in [0, 0.05) is 38.5 Å². The predicted octanol–water partition coefficient (Wildman–Crippen LogP) is 3.57. The van der Waals surface area contributed by atoms with Crippen molar-refractivity contribution in [2.75, 3.05) is 32.9 Å². The van der Waals surface area contributed by atoms with E-state index < -0.39 is 0 Å². The predicted molar refractivity (Wildman–Crippen MR) is 94.2 cm³/mol. The Bertz CT molecular complexity index is 611. The summed E-state index contributed by atoms with van der Waals surface area (Å²) in [5.41, 5.74) is 0.886. The van der Waals surface area contributed by atoms with Crippen LogP contribution < -0.4 is 0 Å². The Labute approximate surface area is 149 Å². The van der Waals surface area contributed by atoms with Crippen LogP contribution in [-0.4, -0.2) is 49.3 Å². The molecule has 3 rings (SSSR count). The number of halogens is 1. The first kappa shape index (κ1) is 18.3. The van der Waals surface area contributed by atoms with Crippen molar-refractivity contribution in [3.63, 3.8) is 0 Å². The van der Waals surface area contributed by atoms with Gasteiger partial charge in [0.05, 0.1) is 5.60 Å². The zero-order chi connectivity index (χ0) is 17.9. The minimum absolute atomic E-state index is 0.0855. The van der Waals surface area contributed by atoms with E-state index in [0.717, 1.165) is 45.5 Å². The van der Waals surface area contributed by atoms with Gasteiger partial charge in [-0.2, -0.15) is 0 Å². The fourth-order valence-corrected chi connectivity index (χ4v) is 4.11. The smallest absolute Gasteiger partial charge is 0.253 e. The molecule has 4 nitrogen and oxygen atoms in total. The summed E-state index contributed by atoms with van der Waals surface area (Å²) >= 11 is 0. The van der Waals surface area contributed by atoms with Crippen LogP contribution in [0.4, 0.5) is 4.39 Å². The Kier molecular flexibility index (Phi) is 5.74. The maximum Gasteiger partial charge on any atom is 0.253 e. The van der Waals surface area contributed by atoms with Crippen LogP contribution in [0.5, 0.6) is 0 Å². The topological polar surface area (TPSA) is 38.8 Å². The molecule has 1 atom stereocenters. The number of aryl methyl sites for hydroxylation is 1. The molecule has 2 aliphatic heterocycles. The van der Waals surface area contributed by atoms with Crippen LogP contribution in [0.2, 0.25) is 0 Å². The molecule has 2 aliphatic rings. The number of carbonyl (C=O) groups excluding carboxylic acids is 1. The van der Waals surface area contributed by atoms with Crippen LogP contribution in [0.25, 0.3) is 0 Å². The standard InChI is InChI=1S/C20H28FNO3/c1-3-24-12-6-17-7-13-25-20(17)8-10-22(11-9-20)19(23)16-5-4-15(2)18(21)14-16/h4-5,14,17H,3,6-13H2,1-2H3/t17-/m0/s1. The van der Waals surface area contributed by atoms with E-state index in [1.807, 2.05) is 11.8 Å². The average Bonchev–Trinajstić information content (AvgIpc) is 3.00. The van der Waals surface area contributed by atoms with Gasteiger partial charge in [0.2, 0.25) is 0 Å². The lowest BCUT2D eigenvalue weighted by atomic mass is 9.78. The molecule has 2 heterocycles. The van der Waals surface area contributed by atoms with Crippen molar-refractivity contribution in [2.24, 2.45) is 5.92 Å². The summed E-state index contributed by atoms with van der Waals surface area (Å²) in [7, 11) is 0. The first-order chi connectivity index (χ1) is 12.1. The van der Waals surface area contributed by atoms with Gasteiger partial charge in [0.15, 0.2) is 0 Å². The van der Waals surface area contributed by atoms with Gasteiger partial charge in [-0.3, -0.25) is 4.79 Å². The summed E-state index contributed by atoms with van der Waals surface area (Å²) in [5, 5.41) is 0. The molecule has 138 valence electrons. The third-order valence-electron chi connectivity index (χ3n) is 5.73. The molecule has 0 N–H and O–H groups in total. The van der Waals surface area contributed by atoms with E-state index in [-0.39, 0.29) is 17.3 Å². The van der Waals surface area contributed by atoms with Crippen LogP contribution >= 0.6 is 0 Å². The Balaban J connectivity index is 1.60. The van der Waals surface area contributed by atoms with E-state index in [9.17, 15) is 9.18 Å². The zero-order valence-electron chi connectivity index (χ0n) is 15.2. The Morgan fingerprint density at radius 2 is 2.16 bits per heavy atom. The highest BCUT2D eigenvalue weighted by molar-refractivity contribution is 5.94. The van der Waals surface area contributed by atoms with Crippen molar-refractivity contribution < 1.29 is 18.7 Å². The molecule has 2 saturated heterocycles. The molecule has 0 aliphatic carbocycles. The first-order valence-electron chi connectivity index (χ1n) is 9.33. The third-order valence-corrected chi connectivity index (χ3v) is 5.73. The number of carbonyl (C=O) groups is 1. The number of nitrogens with zero attached hydrogens (tertiary/aromatic N) is 1. The van der Waals surface area contributed by atoms with Crippen molar-refractivity contribution in [2.45, 2.75) is 45.1 Å². The maximum absolute atomic E-state index is 13.7. The van der Waals surface area contributed by atoms with Gasteiger partial charge < -0.3 is 14.4 Å². The third kappa shape index (κ3) is 3.87. The Morgan fingerprint density at radius 3 is 2.84 bits per heavy atom. The highest BCUT2D eigenvalue weighted by atomic mass is 19.1. The van der Waals surface area contributed by atoms with E-state index in [1.54, 1.807) is 19.1 Å². The van der Waals surface area contributed by atoms with Crippen LogP contribution in [0, 0.1) is 18.7 Å². The minimum atomic E-state index is -0.325. The first-order valence-corrected chi connectivity index (χ1v) is 9.33. The van der Waals surface area contributed by atoms with Gasteiger partial charge in [-0.05, 0) is 63.1 Å². The number of amides is 1. The summed E-state index contributed by atoms with van der Waals surface area (Å²) in [4.78, 5) is 14.5. The van der Waals surface area contributed by atoms with Crippen LogP contribution in [0.1, 0.15) is 48.5 Å². The van der Waals surface area contributed by atoms with Gasteiger partial charge in [-0.15, -0.1) is 0 Å². The van der Waals surface area contributed by atoms with E-state index >= 15 is 0 Å². The Hall–Kier alpha value is -1.46. The van der Waals surface area contributed by atoms with Gasteiger partial charge in [-0.1, -0.05) is 6.07 Å². The van der Waals surface area contributed by atoms with E-state index in [1.165, 1.54) is 6.07 Å². The molecular formula is C20H28FNO3. The number of rotatable bonds is 5. The summed E-state index contributed by atoms with van der Waals surface area (Å²) < 4.78 is 25.4. The van der Waals surface area contributed by atoms with Gasteiger partial charge in [0.25, 0.3) is 5.91 Å². The Morgan fingerprint density at radius 1 is 1.40 bits per heavy atom. The van der Waals surface area contributed by atoms with E-state index in [0.29, 0.717) is 30.1 Å². The molecular weight excluding hydrogens is 321 g/mol. The second kappa shape index (κ2) is 7.83. The molecule has 0 radical (unpaired) electrons. The lowest BCUT2D eigenvalue weighted by Gasteiger charge is -2.42. The molecule has 0 aromatic heterocycles. The van der Waals surface area contributed by atoms with Crippen LogP contribution in [0.3, 0.4) is 0 Å². The van der Waals surface area contributed by atoms with Crippen LogP contribution in [0.15, 0.2) is 18.2 Å². The number of likely N-dealkylation sites (tertiary alicyclic amines) is 1. The molecule has 5 heteroatoms. The molecule has 1 amide bonds. The van der Waals surface area contributed by atoms with Crippen molar-refractivity contribution in [3.8, 4) is 0 Å². The number of ether oxygens (including phenoxy) is 2. The summed E-state index contributed by atoms with van der Waals surface area (Å²) in [6, 6.07) is 4.72. The fourth-order valence-electron chi connectivity index (χ4n) is 4.11. The summed E-state index contributed by atoms with van der Waals surface area (Å²) in [6.45, 7) is 7.37. The maximum atomic E-state index is 13.7. The van der Waals surface area contributed by atoms with Crippen molar-refractivity contribution in [1.29, 1.82) is 0 Å². The minimum Gasteiger partial charge on any atom is -0.382 e. The van der Waals surface area contributed by atoms with Crippen molar-refractivity contribution in [1.82, 2.24) is 4.90 Å². The number of hydrogen-bond acceptors (Lipinski definition) is 3.